The summed E-state index contributed by atoms with van der Waals surface area (Å²) in [7, 11) is -5.35. The second-order valence-corrected chi connectivity index (χ2v) is 17.8. The maximum Gasteiger partial charge on any atom is 0.695 e. The van der Waals surface area contributed by atoms with E-state index in [1.165, 1.54) is 26.0 Å². The average molecular weight is 630 g/mol. The molecule has 1 amide bonds. The van der Waals surface area contributed by atoms with Gasteiger partial charge in [-0.1, -0.05) is 55.4 Å². The molecule has 2 aromatic rings. The van der Waals surface area contributed by atoms with Crippen molar-refractivity contribution >= 4 is 39.6 Å². The molecular formula is C27H50N6O7PSi+. The lowest BCUT2D eigenvalue weighted by molar-refractivity contribution is -0.118. The van der Waals surface area contributed by atoms with Gasteiger partial charge in [0, 0.05) is 23.0 Å². The fourth-order valence-corrected chi connectivity index (χ4v) is 6.41. The third-order valence-corrected chi connectivity index (χ3v) is 13.2. The first-order valence-corrected chi connectivity index (χ1v) is 18.7. The Morgan fingerprint density at radius 2 is 1.83 bits per heavy atom. The fourth-order valence-electron chi connectivity index (χ4n) is 4.59. The Balaban J connectivity index is 0.000000782. The van der Waals surface area contributed by atoms with Crippen molar-refractivity contribution in [3.8, 4) is 0 Å². The van der Waals surface area contributed by atoms with E-state index in [4.69, 9.17) is 8.95 Å². The summed E-state index contributed by atoms with van der Waals surface area (Å²) >= 11 is 0. The molecule has 0 bridgehead atoms. The van der Waals surface area contributed by atoms with Gasteiger partial charge in [-0.15, -0.1) is 9.42 Å². The van der Waals surface area contributed by atoms with E-state index in [9.17, 15) is 24.2 Å². The first-order chi connectivity index (χ1) is 19.5. The van der Waals surface area contributed by atoms with E-state index in [1.54, 1.807) is 18.4 Å². The van der Waals surface area contributed by atoms with Gasteiger partial charge in [-0.05, 0) is 44.2 Å². The summed E-state index contributed by atoms with van der Waals surface area (Å²) in [4.78, 5) is 47.9. The van der Waals surface area contributed by atoms with Crippen LogP contribution in [0.25, 0.3) is 11.2 Å². The number of amides is 1. The van der Waals surface area contributed by atoms with Crippen molar-refractivity contribution in [1.82, 2.24) is 24.4 Å². The van der Waals surface area contributed by atoms with Gasteiger partial charge in [-0.2, -0.15) is 4.98 Å². The Hall–Kier alpha value is -2.06. The molecule has 1 saturated carbocycles. The third kappa shape index (κ3) is 8.74. The number of aromatic amines is 1. The zero-order valence-electron chi connectivity index (χ0n) is 26.7. The standard InChI is InChI=1S/C21H34N5O7PSi.C6H15N/c1-11(2)18(28)24-20-23-17-14(19(29)25-20)22-10-26(17)13-8-12(9-27)15(32-34(30)31)16(13)33-35(6,7)21(3,4)5;1-4-7(5-2)6-3/h10-13,15-16,27H,8-9H2,1-7H3,(H2-,23,24,25,28,29,30,31);4-6H2,1-3H3/p+1/t12-,13-,15-,16+;/m1./s1. The van der Waals surface area contributed by atoms with Gasteiger partial charge in [0.05, 0.1) is 18.5 Å². The predicted molar refractivity (Wildman–Crippen MR) is 166 cm³/mol. The molecule has 2 aromatic heterocycles. The van der Waals surface area contributed by atoms with E-state index in [0.29, 0.717) is 6.42 Å². The van der Waals surface area contributed by atoms with Crippen LogP contribution in [0.3, 0.4) is 0 Å². The lowest BCUT2D eigenvalue weighted by atomic mass is 10.1. The van der Waals surface area contributed by atoms with Crippen LogP contribution in [0.5, 0.6) is 0 Å². The molecular weight excluding hydrogens is 579 g/mol. The van der Waals surface area contributed by atoms with Crippen molar-refractivity contribution in [2.45, 2.75) is 98.2 Å². The maximum absolute atomic E-state index is 12.7. The minimum Gasteiger partial charge on any atom is -0.409 e. The molecule has 13 nitrogen and oxygen atoms in total. The van der Waals surface area contributed by atoms with E-state index in [2.05, 4.69) is 79.8 Å². The van der Waals surface area contributed by atoms with E-state index in [-0.39, 0.29) is 40.6 Å². The summed E-state index contributed by atoms with van der Waals surface area (Å²) in [5, 5.41) is 12.5. The lowest BCUT2D eigenvalue weighted by Gasteiger charge is -2.40. The minimum absolute atomic E-state index is 0.00671. The molecule has 15 heteroatoms. The third-order valence-electron chi connectivity index (χ3n) is 8.29. The van der Waals surface area contributed by atoms with Crippen molar-refractivity contribution < 1.29 is 28.3 Å². The summed E-state index contributed by atoms with van der Waals surface area (Å²) in [6.45, 7) is 23.6. The first-order valence-electron chi connectivity index (χ1n) is 14.6. The monoisotopic (exact) mass is 629 g/mol. The highest BCUT2D eigenvalue weighted by atomic mass is 31.1. The number of fused-ring (bicyclic) bond motifs is 1. The van der Waals surface area contributed by atoms with Crippen molar-refractivity contribution in [2.75, 3.05) is 31.6 Å². The summed E-state index contributed by atoms with van der Waals surface area (Å²) in [5.41, 5.74) is -0.207. The van der Waals surface area contributed by atoms with Gasteiger partial charge in [-0.3, -0.25) is 19.9 Å². The second-order valence-electron chi connectivity index (χ2n) is 12.4. The predicted octanol–water partition coefficient (Wildman–Crippen LogP) is 4.04. The Bertz CT molecular complexity index is 1250. The number of anilines is 1. The van der Waals surface area contributed by atoms with Crippen molar-refractivity contribution in [1.29, 1.82) is 0 Å². The zero-order chi connectivity index (χ0) is 32.0. The molecule has 0 aromatic carbocycles. The normalized spacial score (nSPS) is 21.5. The molecule has 238 valence electrons. The molecule has 1 aliphatic carbocycles. The number of nitrogens with zero attached hydrogens (tertiary/aromatic N) is 4. The molecule has 0 saturated heterocycles. The molecule has 0 aliphatic heterocycles. The van der Waals surface area contributed by atoms with Gasteiger partial charge in [-0.25, -0.2) is 4.98 Å². The highest BCUT2D eigenvalue weighted by molar-refractivity contribution is 7.32. The number of aliphatic hydroxyl groups is 1. The van der Waals surface area contributed by atoms with Crippen molar-refractivity contribution in [2.24, 2.45) is 11.8 Å². The van der Waals surface area contributed by atoms with Gasteiger partial charge in [0.25, 0.3) is 5.56 Å². The maximum atomic E-state index is 12.7. The second kappa shape index (κ2) is 15.1. The summed E-state index contributed by atoms with van der Waals surface area (Å²) in [5.74, 6) is -1.12. The van der Waals surface area contributed by atoms with Crippen LogP contribution in [0, 0.1) is 11.8 Å². The van der Waals surface area contributed by atoms with Crippen LogP contribution in [-0.2, 0) is 18.3 Å². The Kier molecular flexibility index (Phi) is 13.0. The molecule has 0 radical (unpaired) electrons. The number of H-pyrrole nitrogens is 1. The molecule has 3 rings (SSSR count). The number of hydrogen-bond acceptors (Lipinski definition) is 9. The van der Waals surface area contributed by atoms with Crippen LogP contribution in [0.15, 0.2) is 11.1 Å². The molecule has 1 fully saturated rings. The lowest BCUT2D eigenvalue weighted by Crippen LogP contribution is -2.48. The quantitative estimate of drug-likeness (QED) is 0.210. The van der Waals surface area contributed by atoms with E-state index in [1.807, 2.05) is 0 Å². The smallest absolute Gasteiger partial charge is 0.409 e. The van der Waals surface area contributed by atoms with Crippen LogP contribution >= 0.6 is 8.25 Å². The Morgan fingerprint density at radius 3 is 2.29 bits per heavy atom. The molecule has 1 unspecified atom stereocenters. The van der Waals surface area contributed by atoms with Crippen LogP contribution in [-0.4, -0.2) is 87.1 Å². The largest absolute Gasteiger partial charge is 0.695 e. The van der Waals surface area contributed by atoms with Gasteiger partial charge >= 0.3 is 8.25 Å². The van der Waals surface area contributed by atoms with Gasteiger partial charge in [0.1, 0.15) is 6.10 Å². The number of imidazole rings is 1. The van der Waals surface area contributed by atoms with Crippen molar-refractivity contribution in [3.63, 3.8) is 0 Å². The van der Waals surface area contributed by atoms with Crippen LogP contribution in [0.1, 0.15) is 67.9 Å². The number of aliphatic hydroxyl groups excluding tert-OH is 1. The molecule has 42 heavy (non-hydrogen) atoms. The van der Waals surface area contributed by atoms with Gasteiger partial charge in [0.2, 0.25) is 11.9 Å². The number of nitrogens with one attached hydrogen (secondary N) is 2. The molecule has 0 spiro atoms. The number of rotatable bonds is 11. The van der Waals surface area contributed by atoms with Crippen LogP contribution < -0.4 is 10.9 Å². The Morgan fingerprint density at radius 1 is 1.24 bits per heavy atom. The summed E-state index contributed by atoms with van der Waals surface area (Å²) in [6.07, 6.45) is 0.249. The number of carbonyl (C=O) groups excluding carboxylic acids is 1. The average Bonchev–Trinajstić information content (AvgIpc) is 3.45. The summed E-state index contributed by atoms with van der Waals surface area (Å²) in [6, 6.07) is -0.492. The van der Waals surface area contributed by atoms with Crippen LogP contribution in [0.4, 0.5) is 5.95 Å². The summed E-state index contributed by atoms with van der Waals surface area (Å²) < 4.78 is 25.4. The highest BCUT2D eigenvalue weighted by Gasteiger charge is 2.53. The molecule has 2 heterocycles. The van der Waals surface area contributed by atoms with E-state index in [0.717, 1.165) is 0 Å². The van der Waals surface area contributed by atoms with Crippen LogP contribution in [0.2, 0.25) is 18.1 Å². The number of hydrogen-bond donors (Lipinski definition) is 4. The molecule has 4 N–H and O–H groups in total. The zero-order valence-corrected chi connectivity index (χ0v) is 28.6. The van der Waals surface area contributed by atoms with Gasteiger partial charge in [0.15, 0.2) is 19.5 Å². The molecule has 1 aliphatic rings. The fraction of sp³-hybridized carbons (Fsp3) is 0.778. The first kappa shape index (κ1) is 36.1. The molecule has 5 atom stereocenters. The Labute approximate surface area is 250 Å². The van der Waals surface area contributed by atoms with E-state index < -0.39 is 46.3 Å². The highest BCUT2D eigenvalue weighted by Crippen LogP contribution is 2.47. The van der Waals surface area contributed by atoms with E-state index >= 15 is 0 Å². The van der Waals surface area contributed by atoms with Gasteiger partial charge < -0.3 is 19.0 Å². The minimum atomic E-state index is -2.95. The SMILES string of the molecule is CC(C)C(=O)Nc1nc2c(ncn2[C@@H]2C[C@H](CO)[C@@H](O[P+](=O)O)[C@H]2O[Si](C)(C)C(C)(C)C)c(=O)[nH]1.CCN(CC)CC. The van der Waals surface area contributed by atoms with Crippen molar-refractivity contribution in [3.05, 3.63) is 16.7 Å². The number of carbonyl (C=O) groups is 1. The topological polar surface area (TPSA) is 172 Å². The number of aromatic nitrogens is 4.